The SMILES string of the molecule is CCCCCCCCCCCCCCCCCCC(=O)C(=O)OCCN(CC)c1ccc(/N=N/c2cc(OC)c(/N=N/c3ccc([N+](=O)[O-])cc3)cc2C)cc1. The van der Waals surface area contributed by atoms with Crippen LogP contribution in [0, 0.1) is 17.0 Å². The number of likely N-dealkylation sites (N-methyl/N-ethyl adjacent to an activating group) is 1. The van der Waals surface area contributed by atoms with Crippen molar-refractivity contribution < 1.29 is 24.0 Å². The summed E-state index contributed by atoms with van der Waals surface area (Å²) in [6, 6.07) is 16.9. The molecule has 0 bridgehead atoms. The Morgan fingerprint density at radius 2 is 1.18 bits per heavy atom. The number of ether oxygens (including phenoxy) is 2. The maximum atomic E-state index is 12.4. The normalized spacial score (nSPS) is 11.4. The lowest BCUT2D eigenvalue weighted by Crippen LogP contribution is -2.29. The number of carbonyl (C=O) groups excluding carboxylic acids is 2. The van der Waals surface area contributed by atoms with E-state index in [1.807, 2.05) is 38.1 Å². The second kappa shape index (κ2) is 26.7. The Balaban J connectivity index is 1.33. The van der Waals surface area contributed by atoms with Gasteiger partial charge >= 0.3 is 5.97 Å². The van der Waals surface area contributed by atoms with Crippen LogP contribution in [-0.2, 0) is 14.3 Å². The number of ketones is 1. The Bertz CT molecular complexity index is 1680. The zero-order valence-corrected chi connectivity index (χ0v) is 34.0. The van der Waals surface area contributed by atoms with Gasteiger partial charge in [-0.15, -0.1) is 5.11 Å². The van der Waals surface area contributed by atoms with Crippen molar-refractivity contribution in [3.8, 4) is 5.75 Å². The van der Waals surface area contributed by atoms with Gasteiger partial charge in [0.05, 0.1) is 35.6 Å². The van der Waals surface area contributed by atoms with Crippen LogP contribution in [0.2, 0.25) is 0 Å². The van der Waals surface area contributed by atoms with Crippen molar-refractivity contribution in [3.05, 3.63) is 76.3 Å². The number of benzene rings is 3. The molecule has 0 N–H and O–H groups in total. The molecule has 12 heteroatoms. The highest BCUT2D eigenvalue weighted by Gasteiger charge is 2.16. The molecule has 0 atom stereocenters. The average Bonchev–Trinajstić information content (AvgIpc) is 3.21. The molecule has 0 aliphatic heterocycles. The van der Waals surface area contributed by atoms with Gasteiger partial charge in [-0.1, -0.05) is 103 Å². The molecule has 56 heavy (non-hydrogen) atoms. The van der Waals surface area contributed by atoms with E-state index in [-0.39, 0.29) is 18.7 Å². The number of azo groups is 2. The number of hydrogen-bond donors (Lipinski definition) is 0. The van der Waals surface area contributed by atoms with E-state index in [2.05, 4.69) is 32.3 Å². The molecule has 0 amide bonds. The average molecular weight is 771 g/mol. The number of carbonyl (C=O) groups is 2. The summed E-state index contributed by atoms with van der Waals surface area (Å²) in [6.07, 6.45) is 20.5. The van der Waals surface area contributed by atoms with Crippen LogP contribution in [0.15, 0.2) is 81.1 Å². The van der Waals surface area contributed by atoms with Gasteiger partial charge in [0.1, 0.15) is 18.0 Å². The van der Waals surface area contributed by atoms with E-state index < -0.39 is 16.7 Å². The predicted octanol–water partition coefficient (Wildman–Crippen LogP) is 13.3. The molecule has 12 nitrogen and oxygen atoms in total. The summed E-state index contributed by atoms with van der Waals surface area (Å²) in [6.45, 7) is 7.44. The number of aryl methyl sites for hydroxylation is 1. The van der Waals surface area contributed by atoms with Crippen LogP contribution in [0.4, 0.5) is 34.1 Å². The number of Topliss-reactive ketones (excluding diaryl/α,β-unsaturated/α-hetero) is 1. The molecule has 304 valence electrons. The lowest BCUT2D eigenvalue weighted by Gasteiger charge is -2.22. The lowest BCUT2D eigenvalue weighted by atomic mass is 10.0. The molecule has 0 spiro atoms. The number of unbranched alkanes of at least 4 members (excludes halogenated alkanes) is 15. The van der Waals surface area contributed by atoms with Gasteiger partial charge in [0.15, 0.2) is 0 Å². The molecular weight excluding hydrogens is 709 g/mol. The van der Waals surface area contributed by atoms with Gasteiger partial charge in [-0.25, -0.2) is 4.79 Å². The van der Waals surface area contributed by atoms with Crippen molar-refractivity contribution in [1.29, 1.82) is 0 Å². The standard InChI is InChI=1S/C44H62N6O6/c1-5-7-8-9-10-11-12-13-14-15-16-17-18-19-20-21-22-42(51)44(52)56-32-31-49(6-2)38-27-23-36(24-28-38)45-47-40-34-43(55-4)41(33-35(40)3)48-46-37-25-29-39(30-26-37)50(53)54/h23-30,33-34H,5-22,31-32H2,1-4H3/b47-45+,48-46+. The number of nitro benzene ring substituents is 1. The van der Waals surface area contributed by atoms with Crippen molar-refractivity contribution in [1.82, 2.24) is 0 Å². The number of nitro groups is 1. The first kappa shape index (κ1) is 45.4. The highest BCUT2D eigenvalue weighted by atomic mass is 16.6. The van der Waals surface area contributed by atoms with E-state index in [4.69, 9.17) is 9.47 Å². The second-order valence-corrected chi connectivity index (χ2v) is 14.2. The second-order valence-electron chi connectivity index (χ2n) is 14.2. The highest BCUT2D eigenvalue weighted by Crippen LogP contribution is 2.36. The maximum Gasteiger partial charge on any atom is 0.374 e. The number of nitrogens with zero attached hydrogens (tertiary/aromatic N) is 6. The minimum atomic E-state index is -0.745. The van der Waals surface area contributed by atoms with Crippen molar-refractivity contribution in [2.75, 3.05) is 31.7 Å². The van der Waals surface area contributed by atoms with Crippen LogP contribution in [0.5, 0.6) is 5.75 Å². The first-order valence-electron chi connectivity index (χ1n) is 20.6. The van der Waals surface area contributed by atoms with Crippen molar-refractivity contribution in [2.24, 2.45) is 20.5 Å². The Hall–Kier alpha value is -5.00. The van der Waals surface area contributed by atoms with Crippen LogP contribution in [0.3, 0.4) is 0 Å². The smallest absolute Gasteiger partial charge is 0.374 e. The van der Waals surface area contributed by atoms with Crippen LogP contribution in [0.1, 0.15) is 129 Å². The van der Waals surface area contributed by atoms with E-state index in [0.717, 1.165) is 30.5 Å². The quantitative estimate of drug-likeness (QED) is 0.0170. The number of non-ortho nitro benzene ring substituents is 1. The van der Waals surface area contributed by atoms with Gasteiger partial charge in [0.2, 0.25) is 5.78 Å². The molecule has 3 rings (SSSR count). The Morgan fingerprint density at radius 3 is 1.68 bits per heavy atom. The molecule has 0 heterocycles. The molecule has 0 aromatic heterocycles. The Labute approximate surface area is 333 Å². The third-order valence-electron chi connectivity index (χ3n) is 9.78. The lowest BCUT2D eigenvalue weighted by molar-refractivity contribution is -0.384. The summed E-state index contributed by atoms with van der Waals surface area (Å²) in [5.74, 6) is -0.737. The maximum absolute atomic E-state index is 12.4. The summed E-state index contributed by atoms with van der Waals surface area (Å²) in [4.78, 5) is 37.2. The minimum absolute atomic E-state index is 0.0215. The van der Waals surface area contributed by atoms with Crippen LogP contribution >= 0.6 is 0 Å². The number of anilines is 1. The molecule has 0 unspecified atom stereocenters. The van der Waals surface area contributed by atoms with Crippen LogP contribution < -0.4 is 9.64 Å². The molecule has 0 aliphatic carbocycles. The third kappa shape index (κ3) is 17.2. The summed E-state index contributed by atoms with van der Waals surface area (Å²) >= 11 is 0. The summed E-state index contributed by atoms with van der Waals surface area (Å²) < 4.78 is 10.8. The van der Waals surface area contributed by atoms with E-state index in [1.165, 1.54) is 115 Å². The number of methoxy groups -OCH3 is 1. The number of esters is 1. The number of hydrogen-bond acceptors (Lipinski definition) is 11. The Morgan fingerprint density at radius 1 is 0.679 bits per heavy atom. The van der Waals surface area contributed by atoms with E-state index in [1.54, 1.807) is 12.1 Å². The monoisotopic (exact) mass is 770 g/mol. The first-order valence-corrected chi connectivity index (χ1v) is 20.6. The van der Waals surface area contributed by atoms with E-state index in [0.29, 0.717) is 41.6 Å². The first-order chi connectivity index (χ1) is 27.2. The summed E-state index contributed by atoms with van der Waals surface area (Å²) in [5, 5.41) is 28.2. The molecule has 0 saturated carbocycles. The zero-order chi connectivity index (χ0) is 40.4. The molecule has 0 radical (unpaired) electrons. The summed E-state index contributed by atoms with van der Waals surface area (Å²) in [5.41, 5.74) is 3.92. The molecule has 0 aliphatic rings. The molecule has 0 saturated heterocycles. The molecule has 3 aromatic rings. The Kier molecular flexibility index (Phi) is 21.7. The van der Waals surface area contributed by atoms with Crippen molar-refractivity contribution >= 4 is 45.9 Å². The van der Waals surface area contributed by atoms with Gasteiger partial charge in [-0.2, -0.15) is 15.3 Å². The fourth-order valence-electron chi connectivity index (χ4n) is 6.34. The van der Waals surface area contributed by atoms with Crippen molar-refractivity contribution in [2.45, 2.75) is 130 Å². The van der Waals surface area contributed by atoms with Gasteiger partial charge in [-0.3, -0.25) is 14.9 Å². The van der Waals surface area contributed by atoms with Gasteiger partial charge in [-0.05, 0) is 68.3 Å². The largest absolute Gasteiger partial charge is 0.494 e. The molecule has 0 fully saturated rings. The van der Waals surface area contributed by atoms with Crippen LogP contribution in [0.25, 0.3) is 0 Å². The van der Waals surface area contributed by atoms with E-state index >= 15 is 0 Å². The summed E-state index contributed by atoms with van der Waals surface area (Å²) in [7, 11) is 1.52. The van der Waals surface area contributed by atoms with Crippen LogP contribution in [-0.4, -0.2) is 43.5 Å². The zero-order valence-electron chi connectivity index (χ0n) is 34.0. The van der Waals surface area contributed by atoms with E-state index in [9.17, 15) is 19.7 Å². The highest BCUT2D eigenvalue weighted by molar-refractivity contribution is 6.33. The third-order valence-corrected chi connectivity index (χ3v) is 9.78. The molecule has 3 aromatic carbocycles. The predicted molar refractivity (Wildman–Crippen MR) is 224 cm³/mol. The topological polar surface area (TPSA) is 148 Å². The fraction of sp³-hybridized carbons (Fsp3) is 0.545. The fourth-order valence-corrected chi connectivity index (χ4v) is 6.34. The minimum Gasteiger partial charge on any atom is -0.494 e. The van der Waals surface area contributed by atoms with Crippen molar-refractivity contribution in [3.63, 3.8) is 0 Å². The number of rotatable bonds is 29. The van der Waals surface area contributed by atoms with Gasteiger partial charge < -0.3 is 14.4 Å². The van der Waals surface area contributed by atoms with Gasteiger partial charge in [0.25, 0.3) is 5.69 Å². The molecular formula is C44H62N6O6. The van der Waals surface area contributed by atoms with Gasteiger partial charge in [0, 0.05) is 36.9 Å².